The molecule has 3 heteroatoms. The van der Waals surface area contributed by atoms with Gasteiger partial charge in [0.15, 0.2) is 0 Å². The molecule has 0 amide bonds. The number of rotatable bonds is 3. The van der Waals surface area contributed by atoms with Crippen molar-refractivity contribution in [2.24, 2.45) is 0 Å². The Labute approximate surface area is 101 Å². The molecule has 1 aliphatic rings. The largest absolute Gasteiger partial charge is 0.368 e. The van der Waals surface area contributed by atoms with Crippen molar-refractivity contribution >= 4 is 17.3 Å². The first-order chi connectivity index (χ1) is 7.74. The van der Waals surface area contributed by atoms with Crippen LogP contribution >= 0.6 is 11.6 Å². The highest BCUT2D eigenvalue weighted by atomic mass is 35.5. The molecule has 1 aliphatic heterocycles. The van der Waals surface area contributed by atoms with Crippen LogP contribution in [0, 0.1) is 5.82 Å². The van der Waals surface area contributed by atoms with Gasteiger partial charge in [-0.3, -0.25) is 0 Å². The molecule has 16 heavy (non-hydrogen) atoms. The quantitative estimate of drug-likeness (QED) is 0.725. The molecule has 1 aromatic rings. The summed E-state index contributed by atoms with van der Waals surface area (Å²) in [6.07, 6.45) is 3.53. The lowest BCUT2D eigenvalue weighted by atomic mass is 10.1. The summed E-state index contributed by atoms with van der Waals surface area (Å²) in [4.78, 5) is 2.30. The van der Waals surface area contributed by atoms with Gasteiger partial charge in [0.2, 0.25) is 0 Å². The van der Waals surface area contributed by atoms with Crippen LogP contribution in [0.2, 0.25) is 0 Å². The van der Waals surface area contributed by atoms with Crippen LogP contribution < -0.4 is 4.90 Å². The van der Waals surface area contributed by atoms with Crippen LogP contribution in [0.1, 0.15) is 31.7 Å². The molecule has 0 aromatic heterocycles. The van der Waals surface area contributed by atoms with E-state index in [-0.39, 0.29) is 5.82 Å². The number of halogens is 2. The molecule has 1 fully saturated rings. The molecule has 88 valence electrons. The van der Waals surface area contributed by atoms with Crippen LogP contribution in [0.4, 0.5) is 10.1 Å². The topological polar surface area (TPSA) is 3.24 Å². The smallest absolute Gasteiger partial charge is 0.125 e. The predicted molar refractivity (Wildman–Crippen MR) is 66.6 cm³/mol. The molecule has 1 nitrogen and oxygen atoms in total. The molecule has 0 bridgehead atoms. The molecule has 1 saturated heterocycles. The van der Waals surface area contributed by atoms with E-state index < -0.39 is 0 Å². The van der Waals surface area contributed by atoms with E-state index in [1.807, 2.05) is 6.07 Å². The van der Waals surface area contributed by atoms with Crippen molar-refractivity contribution in [3.63, 3.8) is 0 Å². The normalized spacial score (nSPS) is 20.4. The molecule has 1 atom stereocenters. The van der Waals surface area contributed by atoms with E-state index in [1.54, 1.807) is 6.07 Å². The molecule has 0 aliphatic carbocycles. The first-order valence-electron chi connectivity index (χ1n) is 5.86. The minimum atomic E-state index is -0.185. The molecular weight excluding hydrogens is 225 g/mol. The third kappa shape index (κ3) is 2.32. The number of nitrogens with zero attached hydrogens (tertiary/aromatic N) is 1. The number of benzene rings is 1. The van der Waals surface area contributed by atoms with Gasteiger partial charge in [0, 0.05) is 24.2 Å². The highest BCUT2D eigenvalue weighted by Crippen LogP contribution is 2.29. The highest BCUT2D eigenvalue weighted by molar-refractivity contribution is 6.17. The van der Waals surface area contributed by atoms with Crippen molar-refractivity contribution in [1.82, 2.24) is 0 Å². The van der Waals surface area contributed by atoms with Crippen molar-refractivity contribution in [2.75, 3.05) is 11.4 Å². The van der Waals surface area contributed by atoms with Crippen molar-refractivity contribution < 1.29 is 4.39 Å². The number of hydrogen-bond acceptors (Lipinski definition) is 1. The molecule has 1 heterocycles. The van der Waals surface area contributed by atoms with Crippen LogP contribution in [0.5, 0.6) is 0 Å². The maximum absolute atomic E-state index is 13.4. The Hall–Kier alpha value is -0.760. The summed E-state index contributed by atoms with van der Waals surface area (Å²) in [6.45, 7) is 3.22. The number of anilines is 1. The summed E-state index contributed by atoms with van der Waals surface area (Å²) in [7, 11) is 0. The molecule has 0 spiro atoms. The van der Waals surface area contributed by atoms with Gasteiger partial charge in [0.25, 0.3) is 0 Å². The second-order valence-electron chi connectivity index (χ2n) is 4.35. The minimum absolute atomic E-state index is 0.185. The lowest BCUT2D eigenvalue weighted by Crippen LogP contribution is -2.28. The fourth-order valence-electron chi connectivity index (χ4n) is 2.48. The standard InChI is InChI=1S/C13H17ClFN/c1-2-12-4-3-5-16(12)13-7-10(9-14)6-11(15)8-13/h6-8,12H,2-5,9H2,1H3. The van der Waals surface area contributed by atoms with Gasteiger partial charge in [-0.2, -0.15) is 0 Å². The highest BCUT2D eigenvalue weighted by Gasteiger charge is 2.23. The summed E-state index contributed by atoms with van der Waals surface area (Å²) in [5.74, 6) is 0.185. The average molecular weight is 242 g/mol. The Morgan fingerprint density at radius 2 is 2.25 bits per heavy atom. The third-order valence-electron chi connectivity index (χ3n) is 3.28. The van der Waals surface area contributed by atoms with E-state index in [2.05, 4.69) is 11.8 Å². The van der Waals surface area contributed by atoms with Crippen LogP contribution in [-0.2, 0) is 5.88 Å². The van der Waals surface area contributed by atoms with Crippen LogP contribution in [-0.4, -0.2) is 12.6 Å². The summed E-state index contributed by atoms with van der Waals surface area (Å²) in [5.41, 5.74) is 1.85. The van der Waals surface area contributed by atoms with E-state index in [0.29, 0.717) is 11.9 Å². The van der Waals surface area contributed by atoms with Gasteiger partial charge in [-0.15, -0.1) is 11.6 Å². The van der Waals surface area contributed by atoms with E-state index in [0.717, 1.165) is 24.2 Å². The Bertz CT molecular complexity index is 367. The van der Waals surface area contributed by atoms with E-state index in [4.69, 9.17) is 11.6 Å². The first kappa shape index (κ1) is 11.7. The molecule has 2 rings (SSSR count). The Morgan fingerprint density at radius 3 is 2.94 bits per heavy atom. The van der Waals surface area contributed by atoms with Gasteiger partial charge in [-0.25, -0.2) is 4.39 Å². The van der Waals surface area contributed by atoms with E-state index in [1.165, 1.54) is 18.9 Å². The summed E-state index contributed by atoms with van der Waals surface area (Å²) < 4.78 is 13.4. The van der Waals surface area contributed by atoms with Crippen molar-refractivity contribution in [3.8, 4) is 0 Å². The minimum Gasteiger partial charge on any atom is -0.368 e. The zero-order valence-electron chi connectivity index (χ0n) is 9.55. The second kappa shape index (κ2) is 5.05. The van der Waals surface area contributed by atoms with Gasteiger partial charge in [0.05, 0.1) is 0 Å². The number of alkyl halides is 1. The fourth-order valence-corrected chi connectivity index (χ4v) is 2.63. The first-order valence-corrected chi connectivity index (χ1v) is 6.40. The van der Waals surface area contributed by atoms with Gasteiger partial charge in [-0.1, -0.05) is 6.92 Å². The van der Waals surface area contributed by atoms with Gasteiger partial charge >= 0.3 is 0 Å². The maximum atomic E-state index is 13.4. The van der Waals surface area contributed by atoms with E-state index >= 15 is 0 Å². The zero-order valence-corrected chi connectivity index (χ0v) is 10.3. The van der Waals surface area contributed by atoms with E-state index in [9.17, 15) is 4.39 Å². The molecule has 0 saturated carbocycles. The van der Waals surface area contributed by atoms with Crippen LogP contribution in [0.25, 0.3) is 0 Å². The molecule has 1 aromatic carbocycles. The zero-order chi connectivity index (χ0) is 11.5. The summed E-state index contributed by atoms with van der Waals surface area (Å²) in [5, 5.41) is 0. The third-order valence-corrected chi connectivity index (χ3v) is 3.59. The molecule has 0 radical (unpaired) electrons. The van der Waals surface area contributed by atoms with Crippen molar-refractivity contribution in [1.29, 1.82) is 0 Å². The summed E-state index contributed by atoms with van der Waals surface area (Å²) >= 11 is 5.76. The summed E-state index contributed by atoms with van der Waals surface area (Å²) in [6, 6.07) is 5.69. The van der Waals surface area contributed by atoms with Gasteiger partial charge in [-0.05, 0) is 43.0 Å². The van der Waals surface area contributed by atoms with Crippen LogP contribution in [0.15, 0.2) is 18.2 Å². The van der Waals surface area contributed by atoms with Gasteiger partial charge in [0.1, 0.15) is 5.82 Å². The van der Waals surface area contributed by atoms with Crippen molar-refractivity contribution in [2.45, 2.75) is 38.1 Å². The molecule has 1 unspecified atom stereocenters. The fraction of sp³-hybridized carbons (Fsp3) is 0.538. The monoisotopic (exact) mass is 241 g/mol. The Kier molecular flexibility index (Phi) is 3.70. The lowest BCUT2D eigenvalue weighted by Gasteiger charge is -2.26. The predicted octanol–water partition coefficient (Wildman–Crippen LogP) is 3.94. The van der Waals surface area contributed by atoms with Crippen molar-refractivity contribution in [3.05, 3.63) is 29.6 Å². The SMILES string of the molecule is CCC1CCCN1c1cc(F)cc(CCl)c1. The number of hydrogen-bond donors (Lipinski definition) is 0. The second-order valence-corrected chi connectivity index (χ2v) is 4.62. The Balaban J connectivity index is 2.28. The van der Waals surface area contributed by atoms with Gasteiger partial charge < -0.3 is 4.90 Å². The molecular formula is C13H17ClFN. The Morgan fingerprint density at radius 1 is 1.44 bits per heavy atom. The maximum Gasteiger partial charge on any atom is 0.125 e. The van der Waals surface area contributed by atoms with Crippen LogP contribution in [0.3, 0.4) is 0 Å². The average Bonchev–Trinajstić information content (AvgIpc) is 2.76. The molecule has 0 N–H and O–H groups in total. The lowest BCUT2D eigenvalue weighted by molar-refractivity contribution is 0.618.